The van der Waals surface area contributed by atoms with E-state index in [1.165, 1.54) is 36.9 Å². The number of ether oxygens (including phenoxy) is 7. The van der Waals surface area contributed by atoms with Crippen molar-refractivity contribution >= 4 is 82.2 Å². The van der Waals surface area contributed by atoms with Crippen molar-refractivity contribution < 1.29 is 57.8 Å². The Morgan fingerprint density at radius 3 is 1.82 bits per heavy atom. The van der Waals surface area contributed by atoms with Crippen molar-refractivity contribution in [3.63, 3.8) is 0 Å². The van der Waals surface area contributed by atoms with Gasteiger partial charge in [0.1, 0.15) is 28.1 Å². The van der Waals surface area contributed by atoms with E-state index in [4.69, 9.17) is 38.1 Å². The average Bonchev–Trinajstić information content (AvgIpc) is 3.54. The van der Waals surface area contributed by atoms with Gasteiger partial charge >= 0.3 is 18.0 Å². The Hall–Kier alpha value is -3.85. The number of rotatable bonds is 8. The maximum absolute atomic E-state index is 12.0. The number of benzene rings is 2. The Morgan fingerprint density at radius 1 is 0.767 bits per heavy atom. The number of aliphatic hydroxyl groups excluding tert-OH is 2. The Bertz CT molecular complexity index is 2170. The summed E-state index contributed by atoms with van der Waals surface area (Å²) in [6.45, 7) is 16.6. The summed E-state index contributed by atoms with van der Waals surface area (Å²) in [6, 6.07) is 6.90. The summed E-state index contributed by atoms with van der Waals surface area (Å²) in [5.41, 5.74) is 1.92. The molecule has 1 amide bonds. The fourth-order valence-corrected chi connectivity index (χ4v) is 9.54. The van der Waals surface area contributed by atoms with Crippen LogP contribution >= 0.6 is 38.6 Å². The Kier molecular flexibility index (Phi) is 14.5. The molecule has 4 aliphatic rings. The molecule has 328 valence electrons. The van der Waals surface area contributed by atoms with E-state index in [0.29, 0.717) is 55.5 Å². The lowest BCUT2D eigenvalue weighted by atomic mass is 10.0. The van der Waals surface area contributed by atoms with Crippen molar-refractivity contribution in [2.45, 2.75) is 90.7 Å². The molecule has 0 radical (unpaired) electrons. The SMILES string of the molecule is CC(C)(C)OC(=O)N1C[C@@H]([C@@H]2CO2)[C@@H](O)C1.COC(=O)c1cc(OC(C)C)c2nc(Br)sc2c1.COC(=O)c1cc(OC(C)C)c2nc(N3C[C@@H]4[C@H](C3)OC[C@@H]4O)sc2c1. The number of carbonyl (C=O) groups is 3. The molecule has 4 fully saturated rings. The number of β-amino-alcohol motifs (C(OH)–C–C–N with tert-alkyl or cyclic N) is 1. The summed E-state index contributed by atoms with van der Waals surface area (Å²) >= 11 is 6.30. The number of anilines is 1. The Balaban J connectivity index is 0.000000157. The number of hydrogen-bond acceptors (Lipinski definition) is 17. The highest BCUT2D eigenvalue weighted by molar-refractivity contribution is 9.11. The number of fused-ring (bicyclic) bond motifs is 3. The largest absolute Gasteiger partial charge is 0.489 e. The van der Waals surface area contributed by atoms with Crippen LogP contribution in [0, 0.1) is 11.8 Å². The third-order valence-electron chi connectivity index (χ3n) is 9.83. The lowest BCUT2D eigenvalue weighted by Crippen LogP contribution is -2.36. The van der Waals surface area contributed by atoms with E-state index in [1.54, 1.807) is 29.2 Å². The maximum atomic E-state index is 12.0. The number of methoxy groups -OCH3 is 2. The van der Waals surface area contributed by atoms with Crippen LogP contribution in [0.2, 0.25) is 0 Å². The van der Waals surface area contributed by atoms with E-state index in [2.05, 4.69) is 25.8 Å². The van der Waals surface area contributed by atoms with Crippen LogP contribution in [0.15, 0.2) is 28.2 Å². The highest BCUT2D eigenvalue weighted by Crippen LogP contribution is 2.40. The van der Waals surface area contributed by atoms with Gasteiger partial charge in [-0.05, 0) is 88.7 Å². The van der Waals surface area contributed by atoms with Gasteiger partial charge in [0.2, 0.25) is 0 Å². The summed E-state index contributed by atoms with van der Waals surface area (Å²) in [5.74, 6) is 0.574. The first-order valence-corrected chi connectivity index (χ1v) is 22.1. The zero-order chi connectivity index (χ0) is 43.6. The summed E-state index contributed by atoms with van der Waals surface area (Å²) in [4.78, 5) is 48.1. The van der Waals surface area contributed by atoms with Gasteiger partial charge in [-0.3, -0.25) is 0 Å². The topological polar surface area (TPSA) is 192 Å². The van der Waals surface area contributed by atoms with Gasteiger partial charge < -0.3 is 53.2 Å². The number of hydrogen-bond donors (Lipinski definition) is 2. The molecule has 2 aromatic carbocycles. The van der Waals surface area contributed by atoms with Crippen molar-refractivity contribution in [2.24, 2.45) is 11.8 Å². The third kappa shape index (κ3) is 11.1. The van der Waals surface area contributed by atoms with Gasteiger partial charge in [-0.2, -0.15) is 0 Å². The molecule has 4 saturated heterocycles. The first kappa shape index (κ1) is 45.7. The number of nitrogens with zero attached hydrogens (tertiary/aromatic N) is 4. The van der Waals surface area contributed by atoms with Gasteiger partial charge in [0.05, 0.1) is 91.1 Å². The average molecular weight is 938 g/mol. The number of likely N-dealkylation sites (tertiary alicyclic amines) is 1. The van der Waals surface area contributed by atoms with Crippen LogP contribution in [0.3, 0.4) is 0 Å². The molecule has 0 saturated carbocycles. The normalized spacial score (nSPS) is 23.2. The number of epoxide rings is 1. The molecular weight excluding hydrogens is 885 g/mol. The molecule has 0 aliphatic carbocycles. The lowest BCUT2D eigenvalue weighted by Gasteiger charge is -2.24. The van der Waals surface area contributed by atoms with Gasteiger partial charge in [-0.1, -0.05) is 11.3 Å². The van der Waals surface area contributed by atoms with Crippen LogP contribution in [0.5, 0.6) is 11.5 Å². The highest BCUT2D eigenvalue weighted by atomic mass is 79.9. The second-order valence-corrected chi connectivity index (χ2v) is 19.7. The van der Waals surface area contributed by atoms with Crippen molar-refractivity contribution in [1.82, 2.24) is 14.9 Å². The molecule has 60 heavy (non-hydrogen) atoms. The smallest absolute Gasteiger partial charge is 0.410 e. The molecule has 0 bridgehead atoms. The van der Waals surface area contributed by atoms with Crippen LogP contribution in [-0.2, 0) is 23.7 Å². The van der Waals surface area contributed by atoms with Crippen molar-refractivity contribution in [3.05, 3.63) is 39.3 Å². The van der Waals surface area contributed by atoms with Gasteiger partial charge in [-0.15, -0.1) is 11.3 Å². The lowest BCUT2D eigenvalue weighted by molar-refractivity contribution is 0.0269. The monoisotopic (exact) mass is 936 g/mol. The fourth-order valence-electron chi connectivity index (χ4n) is 7.06. The van der Waals surface area contributed by atoms with E-state index in [-0.39, 0.29) is 48.3 Å². The number of aliphatic hydroxyl groups is 2. The van der Waals surface area contributed by atoms with E-state index in [0.717, 1.165) is 36.0 Å². The van der Waals surface area contributed by atoms with Gasteiger partial charge in [0.15, 0.2) is 9.05 Å². The van der Waals surface area contributed by atoms with Gasteiger partial charge in [0, 0.05) is 31.5 Å². The number of amides is 1. The molecule has 6 atom stereocenters. The molecule has 0 spiro atoms. The van der Waals surface area contributed by atoms with Crippen molar-refractivity contribution in [2.75, 3.05) is 58.5 Å². The maximum Gasteiger partial charge on any atom is 0.410 e. The zero-order valence-corrected chi connectivity index (χ0v) is 38.4. The molecule has 2 aromatic heterocycles. The minimum absolute atomic E-state index is 0.0153. The Morgan fingerprint density at radius 2 is 1.30 bits per heavy atom. The number of esters is 2. The number of aromatic nitrogens is 2. The van der Waals surface area contributed by atoms with Crippen LogP contribution in [-0.4, -0.2) is 139 Å². The number of carbonyl (C=O) groups excluding carboxylic acids is 3. The predicted octanol–water partition coefficient (Wildman–Crippen LogP) is 6.31. The number of halogens is 1. The second kappa shape index (κ2) is 19.0. The minimum atomic E-state index is -0.490. The molecule has 4 aliphatic heterocycles. The van der Waals surface area contributed by atoms with Crippen LogP contribution < -0.4 is 14.4 Å². The molecule has 4 aromatic rings. The zero-order valence-electron chi connectivity index (χ0n) is 35.1. The Labute approximate surface area is 365 Å². The third-order valence-corrected chi connectivity index (χ3v) is 12.3. The number of thiazole rings is 2. The molecule has 19 heteroatoms. The van der Waals surface area contributed by atoms with Gasteiger partial charge in [0.25, 0.3) is 0 Å². The molecular formula is C41H53BrN4O12S2. The van der Waals surface area contributed by atoms with E-state index in [1.807, 2.05) is 48.5 Å². The van der Waals surface area contributed by atoms with E-state index >= 15 is 0 Å². The molecule has 6 heterocycles. The second-order valence-electron chi connectivity index (χ2n) is 16.4. The molecule has 8 rings (SSSR count). The molecule has 2 N–H and O–H groups in total. The van der Waals surface area contributed by atoms with Crippen LogP contribution in [0.1, 0.15) is 69.2 Å². The first-order chi connectivity index (χ1) is 28.3. The fraction of sp³-hybridized carbons (Fsp3) is 0.585. The van der Waals surface area contributed by atoms with E-state index < -0.39 is 23.8 Å². The van der Waals surface area contributed by atoms with E-state index in [9.17, 15) is 24.6 Å². The quantitative estimate of drug-likeness (QED) is 0.113. The van der Waals surface area contributed by atoms with Crippen molar-refractivity contribution in [1.29, 1.82) is 0 Å². The summed E-state index contributed by atoms with van der Waals surface area (Å²) in [5, 5.41) is 20.7. The molecule has 0 unspecified atom stereocenters. The molecule has 16 nitrogen and oxygen atoms in total. The van der Waals surface area contributed by atoms with Crippen LogP contribution in [0.4, 0.5) is 9.93 Å². The summed E-state index contributed by atoms with van der Waals surface area (Å²) < 4.78 is 39.7. The minimum Gasteiger partial charge on any atom is -0.489 e. The summed E-state index contributed by atoms with van der Waals surface area (Å²) in [7, 11) is 2.72. The van der Waals surface area contributed by atoms with Crippen molar-refractivity contribution in [3.8, 4) is 11.5 Å². The summed E-state index contributed by atoms with van der Waals surface area (Å²) in [6.07, 6.45) is -1.09. The van der Waals surface area contributed by atoms with Gasteiger partial charge in [-0.25, -0.2) is 24.4 Å². The predicted molar refractivity (Wildman–Crippen MR) is 230 cm³/mol. The van der Waals surface area contributed by atoms with Crippen LogP contribution in [0.25, 0.3) is 20.4 Å². The first-order valence-electron chi connectivity index (χ1n) is 19.7. The standard InChI is InChI=1S/C18H22N2O5S.C12H12BrNO3S.C11H19NO4/c1-9(2)25-13-4-10(17(22)23-3)5-15-16(13)19-18(26-15)20-6-11-12(21)8-24-14(11)7-20;1-6(2)17-8-4-7(11(15)16-3)5-9-10(8)14-12(13)18-9;1-11(2,3)16-10(14)12-4-7(8(13)5-12)9-6-15-9/h4-5,9,11-12,14,21H,6-8H2,1-3H3;4-6H,1-3H3;7-9,13H,4-6H2,1-3H3/t11-,12-,14-;;7-,8+,9+/m0.1/s1. The highest BCUT2D eigenvalue weighted by Gasteiger charge is 2.46.